The van der Waals surface area contributed by atoms with Gasteiger partial charge in [-0.05, 0) is 24.3 Å². The lowest BCUT2D eigenvalue weighted by atomic mass is 10.1. The number of amides is 1. The molecule has 2 aromatic carbocycles. The zero-order valence-corrected chi connectivity index (χ0v) is 15.3. The second-order valence-corrected chi connectivity index (χ2v) is 5.35. The van der Waals surface area contributed by atoms with Gasteiger partial charge in [-0.15, -0.1) is 0 Å². The molecule has 0 aliphatic carbocycles. The molecule has 0 aliphatic rings. The van der Waals surface area contributed by atoms with E-state index in [0.717, 1.165) is 12.1 Å². The van der Waals surface area contributed by atoms with Gasteiger partial charge in [0.15, 0.2) is 18.2 Å². The summed E-state index contributed by atoms with van der Waals surface area (Å²) in [6, 6.07) is 8.72. The van der Waals surface area contributed by atoms with Gasteiger partial charge in [-0.1, -0.05) is 42.7 Å². The van der Waals surface area contributed by atoms with Gasteiger partial charge in [0.05, 0.1) is 0 Å². The van der Waals surface area contributed by atoms with Crippen LogP contribution in [0.15, 0.2) is 40.9 Å². The van der Waals surface area contributed by atoms with Crippen LogP contribution in [0, 0.1) is 11.6 Å². The Labute approximate surface area is 158 Å². The maximum absolute atomic E-state index is 14.1. The zero-order valence-electron chi connectivity index (χ0n) is 14.5. The van der Waals surface area contributed by atoms with E-state index in [1.807, 2.05) is 13.8 Å². The molecule has 6 nitrogen and oxygen atoms in total. The highest BCUT2D eigenvalue weighted by Crippen LogP contribution is 2.24. The van der Waals surface area contributed by atoms with Crippen molar-refractivity contribution in [2.75, 3.05) is 0 Å². The fourth-order valence-electron chi connectivity index (χ4n) is 2.07. The monoisotopic (exact) mass is 395 g/mol. The van der Waals surface area contributed by atoms with Gasteiger partial charge >= 0.3 is 0 Å². The van der Waals surface area contributed by atoms with E-state index in [4.69, 9.17) is 26.6 Å². The highest BCUT2D eigenvalue weighted by molar-refractivity contribution is 6.30. The summed E-state index contributed by atoms with van der Waals surface area (Å²) in [6.07, 6.45) is 0. The average molecular weight is 396 g/mol. The second kappa shape index (κ2) is 9.09. The van der Waals surface area contributed by atoms with Crippen LogP contribution in [0.1, 0.15) is 30.1 Å². The van der Waals surface area contributed by atoms with Crippen molar-refractivity contribution in [1.82, 2.24) is 10.1 Å². The molecule has 0 radical (unpaired) electrons. The number of hydrogen-bond acceptors (Lipinski definition) is 5. The molecule has 3 rings (SSSR count). The molecule has 1 aromatic heterocycles. The number of carbonyl (C=O) groups excluding carboxylic acids is 1. The minimum Gasteiger partial charge on any atom is -0.481 e. The molecule has 2 N–H and O–H groups in total. The standard InChI is InChI=1S/C16H10ClF2N3O3.C2H6/c17-9-3-1-2-8(6-9)16-21-12(25-22-16)7-24-11-5-4-10(18)13(14(11)19)15(20)23;1-2/h1-6H,7H2,(H2,20,23);1-2H3. The Morgan fingerprint density at radius 1 is 1.26 bits per heavy atom. The van der Waals surface area contributed by atoms with E-state index in [9.17, 15) is 13.6 Å². The first kappa shape index (κ1) is 20.3. The highest BCUT2D eigenvalue weighted by atomic mass is 35.5. The number of nitrogens with two attached hydrogens (primary N) is 1. The number of carbonyl (C=O) groups is 1. The molecule has 3 aromatic rings. The van der Waals surface area contributed by atoms with Gasteiger partial charge in [0, 0.05) is 10.6 Å². The molecule has 1 heterocycles. The summed E-state index contributed by atoms with van der Waals surface area (Å²) in [5.41, 5.74) is 4.70. The summed E-state index contributed by atoms with van der Waals surface area (Å²) in [7, 11) is 0. The van der Waals surface area contributed by atoms with E-state index >= 15 is 0 Å². The van der Waals surface area contributed by atoms with Crippen LogP contribution in [0.3, 0.4) is 0 Å². The minimum atomic E-state index is -1.23. The van der Waals surface area contributed by atoms with Gasteiger partial charge in [0.25, 0.3) is 11.8 Å². The SMILES string of the molecule is CC.NC(=O)c1c(F)ccc(OCc2nc(-c3cccc(Cl)c3)no2)c1F. The van der Waals surface area contributed by atoms with Gasteiger partial charge in [0.2, 0.25) is 5.82 Å². The normalized spacial score (nSPS) is 10.1. The molecule has 0 fully saturated rings. The van der Waals surface area contributed by atoms with E-state index in [1.165, 1.54) is 0 Å². The Bertz CT molecular complexity index is 947. The zero-order chi connectivity index (χ0) is 20.0. The Morgan fingerprint density at radius 2 is 2.00 bits per heavy atom. The van der Waals surface area contributed by atoms with E-state index < -0.39 is 23.1 Å². The fourth-order valence-corrected chi connectivity index (χ4v) is 2.26. The quantitative estimate of drug-likeness (QED) is 0.692. The van der Waals surface area contributed by atoms with Crippen molar-refractivity contribution in [3.8, 4) is 17.1 Å². The van der Waals surface area contributed by atoms with Crippen molar-refractivity contribution in [1.29, 1.82) is 0 Å². The Morgan fingerprint density at radius 3 is 2.67 bits per heavy atom. The minimum absolute atomic E-state index is 0.0549. The maximum Gasteiger partial charge on any atom is 0.264 e. The van der Waals surface area contributed by atoms with Crippen LogP contribution in [0.4, 0.5) is 8.78 Å². The van der Waals surface area contributed by atoms with Crippen molar-refractivity contribution < 1.29 is 22.8 Å². The van der Waals surface area contributed by atoms with E-state index in [2.05, 4.69) is 10.1 Å². The molecular formula is C18H16ClF2N3O3. The van der Waals surface area contributed by atoms with E-state index in [0.29, 0.717) is 10.6 Å². The van der Waals surface area contributed by atoms with Crippen LogP contribution < -0.4 is 10.5 Å². The van der Waals surface area contributed by atoms with Crippen molar-refractivity contribution in [3.05, 3.63) is 64.5 Å². The molecule has 0 aliphatic heterocycles. The Balaban J connectivity index is 0.00000126. The smallest absolute Gasteiger partial charge is 0.264 e. The number of primary amides is 1. The lowest BCUT2D eigenvalue weighted by Crippen LogP contribution is -2.16. The first-order valence-electron chi connectivity index (χ1n) is 7.95. The van der Waals surface area contributed by atoms with Gasteiger partial charge < -0.3 is 15.0 Å². The number of rotatable bonds is 5. The summed E-state index contributed by atoms with van der Waals surface area (Å²) < 4.78 is 37.6. The largest absolute Gasteiger partial charge is 0.481 e. The Kier molecular flexibility index (Phi) is 6.84. The summed E-state index contributed by atoms with van der Waals surface area (Å²) in [5, 5.41) is 4.28. The van der Waals surface area contributed by atoms with Crippen LogP contribution in [0.5, 0.6) is 5.75 Å². The molecule has 1 amide bonds. The number of halogens is 3. The topological polar surface area (TPSA) is 91.2 Å². The van der Waals surface area contributed by atoms with Gasteiger partial charge in [0.1, 0.15) is 11.4 Å². The van der Waals surface area contributed by atoms with Crippen LogP contribution in [-0.4, -0.2) is 16.0 Å². The number of aromatic nitrogens is 2. The third kappa shape index (κ3) is 4.79. The van der Waals surface area contributed by atoms with E-state index in [1.54, 1.807) is 24.3 Å². The van der Waals surface area contributed by atoms with Gasteiger partial charge in [-0.3, -0.25) is 4.79 Å². The molecule has 9 heteroatoms. The maximum atomic E-state index is 14.1. The predicted molar refractivity (Wildman–Crippen MR) is 95.3 cm³/mol. The first-order chi connectivity index (χ1) is 13.0. The predicted octanol–water partition coefficient (Wildman–Crippen LogP) is 4.37. The lowest BCUT2D eigenvalue weighted by molar-refractivity contribution is 0.0991. The number of benzene rings is 2. The number of nitrogens with zero attached hydrogens (tertiary/aromatic N) is 2. The Hall–Kier alpha value is -3.00. The summed E-state index contributed by atoms with van der Waals surface area (Å²) in [5.74, 6) is -3.53. The molecule has 0 saturated heterocycles. The molecule has 0 bridgehead atoms. The average Bonchev–Trinajstić information content (AvgIpc) is 3.11. The third-order valence-corrected chi connectivity index (χ3v) is 3.44. The summed E-state index contributed by atoms with van der Waals surface area (Å²) in [6.45, 7) is 3.72. The first-order valence-corrected chi connectivity index (χ1v) is 8.32. The number of ether oxygens (including phenoxy) is 1. The van der Waals surface area contributed by atoms with Crippen LogP contribution in [0.25, 0.3) is 11.4 Å². The summed E-state index contributed by atoms with van der Waals surface area (Å²) >= 11 is 5.89. The lowest BCUT2D eigenvalue weighted by Gasteiger charge is -2.07. The van der Waals surface area contributed by atoms with Gasteiger partial charge in [-0.2, -0.15) is 4.98 Å². The molecular weight excluding hydrogens is 380 g/mol. The van der Waals surface area contributed by atoms with Crippen molar-refractivity contribution >= 4 is 17.5 Å². The summed E-state index contributed by atoms with van der Waals surface area (Å²) in [4.78, 5) is 15.2. The van der Waals surface area contributed by atoms with Crippen molar-refractivity contribution in [3.63, 3.8) is 0 Å². The molecule has 0 spiro atoms. The van der Waals surface area contributed by atoms with Crippen molar-refractivity contribution in [2.24, 2.45) is 5.73 Å². The van der Waals surface area contributed by atoms with Crippen molar-refractivity contribution in [2.45, 2.75) is 20.5 Å². The number of hydrogen-bond donors (Lipinski definition) is 1. The van der Waals surface area contributed by atoms with Crippen LogP contribution >= 0.6 is 11.6 Å². The molecule has 0 saturated carbocycles. The van der Waals surface area contributed by atoms with Crippen LogP contribution in [0.2, 0.25) is 5.02 Å². The van der Waals surface area contributed by atoms with E-state index in [-0.39, 0.29) is 24.1 Å². The third-order valence-electron chi connectivity index (χ3n) is 3.20. The van der Waals surface area contributed by atoms with Gasteiger partial charge in [-0.25, -0.2) is 8.78 Å². The molecule has 0 unspecified atom stereocenters. The second-order valence-electron chi connectivity index (χ2n) is 4.91. The highest BCUT2D eigenvalue weighted by Gasteiger charge is 2.20. The molecule has 142 valence electrons. The van der Waals surface area contributed by atoms with Crippen LogP contribution in [-0.2, 0) is 6.61 Å². The fraction of sp³-hybridized carbons (Fsp3) is 0.167. The molecule has 27 heavy (non-hydrogen) atoms. The molecule has 0 atom stereocenters.